The number of nitrogens with zero attached hydrogens (tertiary/aromatic N) is 1. The SMILES string of the molecule is Cc1csc(C(=O)O)c1S(=O)(=O)N(C)CCC(F)(F)F. The number of alkyl halides is 3. The molecule has 1 N–H and O–H groups in total. The van der Waals surface area contributed by atoms with E-state index in [1.807, 2.05) is 0 Å². The molecule has 114 valence electrons. The summed E-state index contributed by atoms with van der Waals surface area (Å²) in [7, 11) is -3.27. The van der Waals surface area contributed by atoms with Crippen LogP contribution in [0.5, 0.6) is 0 Å². The van der Waals surface area contributed by atoms with Gasteiger partial charge >= 0.3 is 12.1 Å². The highest BCUT2D eigenvalue weighted by atomic mass is 32.2. The van der Waals surface area contributed by atoms with Gasteiger partial charge < -0.3 is 5.11 Å². The third-order valence-corrected chi connectivity index (χ3v) is 5.75. The molecule has 0 unspecified atom stereocenters. The van der Waals surface area contributed by atoms with Gasteiger partial charge in [-0.3, -0.25) is 0 Å². The normalized spacial score (nSPS) is 12.9. The second-order valence-electron chi connectivity index (χ2n) is 4.07. The summed E-state index contributed by atoms with van der Waals surface area (Å²) in [6.45, 7) is 0.633. The molecule has 5 nitrogen and oxygen atoms in total. The first kappa shape index (κ1) is 16.9. The van der Waals surface area contributed by atoms with E-state index in [9.17, 15) is 26.4 Å². The van der Waals surface area contributed by atoms with Crippen molar-refractivity contribution >= 4 is 27.3 Å². The number of halogens is 3. The van der Waals surface area contributed by atoms with Gasteiger partial charge in [0, 0.05) is 13.6 Å². The summed E-state index contributed by atoms with van der Waals surface area (Å²) in [6.07, 6.45) is -5.78. The highest BCUT2D eigenvalue weighted by Gasteiger charge is 2.33. The fourth-order valence-corrected chi connectivity index (χ4v) is 4.21. The zero-order chi connectivity index (χ0) is 15.7. The van der Waals surface area contributed by atoms with E-state index in [1.165, 1.54) is 12.3 Å². The van der Waals surface area contributed by atoms with E-state index in [4.69, 9.17) is 5.11 Å². The van der Waals surface area contributed by atoms with Crippen molar-refractivity contribution in [1.29, 1.82) is 0 Å². The lowest BCUT2D eigenvalue weighted by Gasteiger charge is -2.18. The third-order valence-electron chi connectivity index (χ3n) is 2.49. The van der Waals surface area contributed by atoms with Crippen molar-refractivity contribution in [3.63, 3.8) is 0 Å². The minimum absolute atomic E-state index is 0.200. The smallest absolute Gasteiger partial charge is 0.390 e. The standard InChI is InChI=1S/C10H12F3NO4S2/c1-6-5-19-7(9(15)16)8(6)20(17,18)14(2)4-3-10(11,12)13/h5H,3-4H2,1-2H3,(H,15,16). The van der Waals surface area contributed by atoms with Crippen LogP contribution in [0.15, 0.2) is 10.3 Å². The number of carboxylic acid groups (broad SMARTS) is 1. The van der Waals surface area contributed by atoms with Crippen molar-refractivity contribution in [2.45, 2.75) is 24.4 Å². The van der Waals surface area contributed by atoms with Gasteiger partial charge in [0.1, 0.15) is 9.77 Å². The summed E-state index contributed by atoms with van der Waals surface area (Å²) in [5.41, 5.74) is 0.200. The highest BCUT2D eigenvalue weighted by molar-refractivity contribution is 7.89. The van der Waals surface area contributed by atoms with Gasteiger partial charge in [0.15, 0.2) is 0 Å². The highest BCUT2D eigenvalue weighted by Crippen LogP contribution is 2.30. The zero-order valence-electron chi connectivity index (χ0n) is 10.6. The molecule has 1 aromatic heterocycles. The maximum Gasteiger partial charge on any atom is 0.390 e. The van der Waals surface area contributed by atoms with Crippen molar-refractivity contribution in [2.24, 2.45) is 0 Å². The number of thiophene rings is 1. The molecule has 0 aliphatic heterocycles. The molecule has 0 amide bonds. The monoisotopic (exact) mass is 331 g/mol. The van der Waals surface area contributed by atoms with Gasteiger partial charge in [-0.25, -0.2) is 17.5 Å². The predicted octanol–water partition coefficient (Wildman–Crippen LogP) is 2.33. The molecule has 0 radical (unpaired) electrons. The first-order valence-corrected chi connectivity index (χ1v) is 7.63. The van der Waals surface area contributed by atoms with E-state index in [1.54, 1.807) is 0 Å². The lowest BCUT2D eigenvalue weighted by Crippen LogP contribution is -2.31. The third kappa shape index (κ3) is 3.70. The number of hydrogen-bond acceptors (Lipinski definition) is 4. The summed E-state index contributed by atoms with van der Waals surface area (Å²) in [5, 5.41) is 10.3. The molecule has 0 aliphatic rings. The molecule has 20 heavy (non-hydrogen) atoms. The number of carboxylic acids is 1. The van der Waals surface area contributed by atoms with Crippen LogP contribution in [0.3, 0.4) is 0 Å². The van der Waals surface area contributed by atoms with E-state index in [0.29, 0.717) is 4.31 Å². The number of hydrogen-bond donors (Lipinski definition) is 1. The van der Waals surface area contributed by atoms with Gasteiger partial charge in [0.25, 0.3) is 0 Å². The quantitative estimate of drug-likeness (QED) is 0.898. The molecule has 10 heteroatoms. The van der Waals surface area contributed by atoms with Gasteiger partial charge in [-0.1, -0.05) is 0 Å². The Morgan fingerprint density at radius 3 is 2.45 bits per heavy atom. The Labute approximate surface area is 117 Å². The summed E-state index contributed by atoms with van der Waals surface area (Å²) < 4.78 is 61.2. The Kier molecular flexibility index (Phi) is 4.82. The molecule has 1 rings (SSSR count). The van der Waals surface area contributed by atoms with Crippen LogP contribution in [0.2, 0.25) is 0 Å². The van der Waals surface area contributed by atoms with Crippen molar-refractivity contribution in [3.8, 4) is 0 Å². The molecule has 0 saturated heterocycles. The molecular weight excluding hydrogens is 319 g/mol. The van der Waals surface area contributed by atoms with E-state index in [2.05, 4.69) is 0 Å². The van der Waals surface area contributed by atoms with Crippen LogP contribution in [0.1, 0.15) is 21.7 Å². The summed E-state index contributed by atoms with van der Waals surface area (Å²) in [4.78, 5) is 10.1. The van der Waals surface area contributed by atoms with Crippen LogP contribution in [0.25, 0.3) is 0 Å². The first-order chi connectivity index (χ1) is 8.97. The van der Waals surface area contributed by atoms with E-state index < -0.39 is 44.9 Å². The molecule has 0 aromatic carbocycles. The molecule has 0 fully saturated rings. The maximum absolute atomic E-state index is 12.2. The Hall–Kier alpha value is -1.13. The Morgan fingerprint density at radius 2 is 2.00 bits per heavy atom. The average molecular weight is 331 g/mol. The van der Waals surface area contributed by atoms with Gasteiger partial charge in [0.2, 0.25) is 10.0 Å². The molecule has 0 atom stereocenters. The second kappa shape index (κ2) is 5.70. The van der Waals surface area contributed by atoms with Crippen molar-refractivity contribution in [3.05, 3.63) is 15.8 Å². The van der Waals surface area contributed by atoms with Gasteiger partial charge in [0.05, 0.1) is 6.42 Å². The van der Waals surface area contributed by atoms with Crippen molar-refractivity contribution in [2.75, 3.05) is 13.6 Å². The summed E-state index contributed by atoms with van der Waals surface area (Å²) in [5.74, 6) is -1.43. The van der Waals surface area contributed by atoms with E-state index in [-0.39, 0.29) is 5.56 Å². The number of rotatable bonds is 5. The molecule has 0 spiro atoms. The summed E-state index contributed by atoms with van der Waals surface area (Å²) in [6, 6.07) is 0. The van der Waals surface area contributed by atoms with Gasteiger partial charge in [-0.15, -0.1) is 11.3 Å². The van der Waals surface area contributed by atoms with Crippen LogP contribution in [-0.4, -0.2) is 43.6 Å². The number of sulfonamides is 1. The zero-order valence-corrected chi connectivity index (χ0v) is 12.2. The number of aromatic carboxylic acids is 1. The van der Waals surface area contributed by atoms with Crippen molar-refractivity contribution < 1.29 is 31.5 Å². The van der Waals surface area contributed by atoms with E-state index in [0.717, 1.165) is 18.4 Å². The lowest BCUT2D eigenvalue weighted by atomic mass is 10.3. The van der Waals surface area contributed by atoms with Crippen LogP contribution < -0.4 is 0 Å². The lowest BCUT2D eigenvalue weighted by molar-refractivity contribution is -0.135. The molecule has 1 heterocycles. The maximum atomic E-state index is 12.2. The van der Waals surface area contributed by atoms with Gasteiger partial charge in [-0.2, -0.15) is 13.2 Å². The molecule has 1 aromatic rings. The Balaban J connectivity index is 3.11. The van der Waals surface area contributed by atoms with Crippen molar-refractivity contribution in [1.82, 2.24) is 4.31 Å². The Morgan fingerprint density at radius 1 is 1.45 bits per heavy atom. The molecule has 0 saturated carbocycles. The fourth-order valence-electron chi connectivity index (χ4n) is 1.46. The second-order valence-corrected chi connectivity index (χ2v) is 6.94. The largest absolute Gasteiger partial charge is 0.477 e. The molecule has 0 bridgehead atoms. The molecule has 0 aliphatic carbocycles. The minimum Gasteiger partial charge on any atom is -0.477 e. The average Bonchev–Trinajstić information content (AvgIpc) is 2.67. The van der Waals surface area contributed by atoms with Crippen LogP contribution >= 0.6 is 11.3 Å². The van der Waals surface area contributed by atoms with Crippen LogP contribution in [0, 0.1) is 6.92 Å². The first-order valence-electron chi connectivity index (χ1n) is 5.31. The van der Waals surface area contributed by atoms with Crippen LogP contribution in [0.4, 0.5) is 13.2 Å². The van der Waals surface area contributed by atoms with E-state index >= 15 is 0 Å². The fraction of sp³-hybridized carbons (Fsp3) is 0.500. The molecular formula is C10H12F3NO4S2. The minimum atomic E-state index is -4.48. The Bertz CT molecular complexity index is 607. The number of carbonyl (C=O) groups is 1. The predicted molar refractivity (Wildman–Crippen MR) is 66.5 cm³/mol. The van der Waals surface area contributed by atoms with Crippen LogP contribution in [-0.2, 0) is 10.0 Å². The topological polar surface area (TPSA) is 74.7 Å². The number of aryl methyl sites for hydroxylation is 1. The summed E-state index contributed by atoms with van der Waals surface area (Å²) >= 11 is 0.725. The van der Waals surface area contributed by atoms with Gasteiger partial charge in [-0.05, 0) is 17.9 Å².